The summed E-state index contributed by atoms with van der Waals surface area (Å²) in [6.07, 6.45) is 3.21. The second kappa shape index (κ2) is 6.80. The number of carbonyl (C=O) groups is 1. The van der Waals surface area contributed by atoms with Crippen molar-refractivity contribution in [3.05, 3.63) is 53.7 Å². The number of carbonyl (C=O) groups excluding carboxylic acids is 1. The van der Waals surface area contributed by atoms with E-state index in [1.165, 1.54) is 13.3 Å². The summed E-state index contributed by atoms with van der Waals surface area (Å²) in [7, 11) is 1.34. The van der Waals surface area contributed by atoms with Crippen molar-refractivity contribution in [2.75, 3.05) is 7.11 Å². The van der Waals surface area contributed by atoms with Gasteiger partial charge in [-0.05, 0) is 31.2 Å². The van der Waals surface area contributed by atoms with Crippen LogP contribution in [0.25, 0.3) is 17.2 Å². The summed E-state index contributed by atoms with van der Waals surface area (Å²) >= 11 is 0. The topological polar surface area (TPSA) is 82.8 Å². The molecule has 0 N–H and O–H groups in total. The zero-order valence-electron chi connectivity index (χ0n) is 14.6. The molecule has 0 bridgehead atoms. The predicted octanol–water partition coefficient (Wildman–Crippen LogP) is 2.94. The summed E-state index contributed by atoms with van der Waals surface area (Å²) in [4.78, 5) is 24.8. The van der Waals surface area contributed by atoms with Crippen LogP contribution in [0.15, 0.2) is 36.7 Å². The molecule has 0 spiro atoms. The fourth-order valence-electron chi connectivity index (χ4n) is 2.35. The minimum Gasteiger partial charge on any atom is -0.465 e. The van der Waals surface area contributed by atoms with E-state index in [2.05, 4.69) is 20.1 Å². The minimum absolute atomic E-state index is 0.178. The Hall–Kier alpha value is -3.09. The molecule has 0 aliphatic carbocycles. The monoisotopic (exact) mass is 337 g/mol. The maximum atomic E-state index is 11.6. The van der Waals surface area contributed by atoms with Gasteiger partial charge in [0, 0.05) is 24.0 Å². The third-order valence-electron chi connectivity index (χ3n) is 3.68. The second-order valence-corrected chi connectivity index (χ2v) is 5.94. The van der Waals surface area contributed by atoms with E-state index in [0.717, 1.165) is 17.2 Å². The molecule has 0 unspecified atom stereocenters. The van der Waals surface area contributed by atoms with Crippen LogP contribution < -0.4 is 0 Å². The molecular formula is C18H19N5O2. The van der Waals surface area contributed by atoms with E-state index in [1.807, 2.05) is 32.9 Å². The number of nitrogens with zero attached hydrogens (tertiary/aromatic N) is 5. The Morgan fingerprint density at radius 1 is 1.20 bits per heavy atom. The highest BCUT2D eigenvalue weighted by molar-refractivity contribution is 5.89. The van der Waals surface area contributed by atoms with E-state index >= 15 is 0 Å². The molecule has 3 heterocycles. The zero-order chi connectivity index (χ0) is 18.0. The van der Waals surface area contributed by atoms with E-state index in [0.29, 0.717) is 17.1 Å². The van der Waals surface area contributed by atoms with Crippen molar-refractivity contribution in [2.45, 2.75) is 26.7 Å². The Morgan fingerprint density at radius 3 is 2.60 bits per heavy atom. The smallest absolute Gasteiger partial charge is 0.339 e. The van der Waals surface area contributed by atoms with Gasteiger partial charge in [-0.15, -0.1) is 0 Å². The van der Waals surface area contributed by atoms with E-state index in [1.54, 1.807) is 23.0 Å². The van der Waals surface area contributed by atoms with Crippen LogP contribution >= 0.6 is 0 Å². The van der Waals surface area contributed by atoms with Gasteiger partial charge in [0.2, 0.25) is 0 Å². The van der Waals surface area contributed by atoms with Gasteiger partial charge in [-0.25, -0.2) is 14.5 Å². The molecule has 3 rings (SSSR count). The number of hydrogen-bond acceptors (Lipinski definition) is 6. The minimum atomic E-state index is -0.423. The summed E-state index contributed by atoms with van der Waals surface area (Å²) in [5, 5.41) is 4.62. The molecule has 0 aromatic carbocycles. The highest BCUT2D eigenvalue weighted by atomic mass is 16.5. The van der Waals surface area contributed by atoms with Crippen molar-refractivity contribution >= 4 is 5.97 Å². The molecule has 0 fully saturated rings. The third-order valence-corrected chi connectivity index (χ3v) is 3.68. The Balaban J connectivity index is 2.10. The predicted molar refractivity (Wildman–Crippen MR) is 92.6 cm³/mol. The van der Waals surface area contributed by atoms with E-state index < -0.39 is 5.97 Å². The molecule has 0 amide bonds. The van der Waals surface area contributed by atoms with Crippen molar-refractivity contribution in [2.24, 2.45) is 0 Å². The van der Waals surface area contributed by atoms with Crippen LogP contribution in [-0.4, -0.2) is 37.8 Å². The summed E-state index contributed by atoms with van der Waals surface area (Å²) in [6, 6.07) is 7.22. The normalized spacial score (nSPS) is 10.9. The van der Waals surface area contributed by atoms with Gasteiger partial charge < -0.3 is 4.74 Å². The Labute approximate surface area is 145 Å². The van der Waals surface area contributed by atoms with Gasteiger partial charge in [0.25, 0.3) is 0 Å². The SMILES string of the molecule is COC(=O)c1ccc(-c2nc(C(C)C)nn2-c2ccnc(C)c2)nc1. The number of rotatable bonds is 4. The summed E-state index contributed by atoms with van der Waals surface area (Å²) in [5.74, 6) is 1.10. The molecule has 0 saturated heterocycles. The van der Waals surface area contributed by atoms with Gasteiger partial charge in [-0.3, -0.25) is 9.97 Å². The molecule has 0 aliphatic heterocycles. The number of ether oxygens (including phenoxy) is 1. The quantitative estimate of drug-likeness (QED) is 0.681. The van der Waals surface area contributed by atoms with Crippen molar-refractivity contribution in [3.8, 4) is 17.2 Å². The molecule has 0 aliphatic rings. The fraction of sp³-hybridized carbons (Fsp3) is 0.278. The Bertz CT molecular complexity index is 900. The number of aromatic nitrogens is 5. The van der Waals surface area contributed by atoms with Gasteiger partial charge in [0.05, 0.1) is 18.4 Å². The first kappa shape index (κ1) is 16.8. The molecule has 0 saturated carbocycles. The molecule has 7 nitrogen and oxygen atoms in total. The molecule has 25 heavy (non-hydrogen) atoms. The molecule has 0 radical (unpaired) electrons. The zero-order valence-corrected chi connectivity index (χ0v) is 14.6. The van der Waals surface area contributed by atoms with Gasteiger partial charge in [-0.1, -0.05) is 13.8 Å². The lowest BCUT2D eigenvalue weighted by molar-refractivity contribution is 0.0600. The molecule has 0 atom stereocenters. The summed E-state index contributed by atoms with van der Waals surface area (Å²) < 4.78 is 6.46. The number of esters is 1. The number of aryl methyl sites for hydroxylation is 1. The first-order valence-electron chi connectivity index (χ1n) is 7.94. The largest absolute Gasteiger partial charge is 0.465 e. The fourth-order valence-corrected chi connectivity index (χ4v) is 2.35. The average Bonchev–Trinajstić information content (AvgIpc) is 3.07. The van der Waals surface area contributed by atoms with Crippen LogP contribution in [0, 0.1) is 6.92 Å². The summed E-state index contributed by atoms with van der Waals surface area (Å²) in [5.41, 5.74) is 2.77. The Kier molecular flexibility index (Phi) is 4.56. The van der Waals surface area contributed by atoms with Crippen LogP contribution in [0.4, 0.5) is 0 Å². The van der Waals surface area contributed by atoms with E-state index in [4.69, 9.17) is 4.74 Å². The average molecular weight is 337 g/mol. The van der Waals surface area contributed by atoms with Crippen LogP contribution in [0.3, 0.4) is 0 Å². The Morgan fingerprint density at radius 2 is 2.00 bits per heavy atom. The molecule has 3 aromatic rings. The first-order valence-corrected chi connectivity index (χ1v) is 7.94. The molecular weight excluding hydrogens is 318 g/mol. The van der Waals surface area contributed by atoms with Gasteiger partial charge in [0.15, 0.2) is 11.6 Å². The van der Waals surface area contributed by atoms with Gasteiger partial charge in [-0.2, -0.15) is 5.10 Å². The third kappa shape index (κ3) is 3.40. The molecule has 3 aromatic heterocycles. The lowest BCUT2D eigenvalue weighted by atomic mass is 10.2. The summed E-state index contributed by atoms with van der Waals surface area (Å²) in [6.45, 7) is 6.00. The van der Waals surface area contributed by atoms with Crippen LogP contribution in [0.1, 0.15) is 41.6 Å². The highest BCUT2D eigenvalue weighted by Crippen LogP contribution is 2.22. The van der Waals surface area contributed by atoms with Crippen LogP contribution in [0.5, 0.6) is 0 Å². The second-order valence-electron chi connectivity index (χ2n) is 5.94. The maximum Gasteiger partial charge on any atom is 0.339 e. The maximum absolute atomic E-state index is 11.6. The molecule has 128 valence electrons. The first-order chi connectivity index (χ1) is 12.0. The lowest BCUT2D eigenvalue weighted by Gasteiger charge is -2.06. The van der Waals surface area contributed by atoms with Crippen LogP contribution in [-0.2, 0) is 4.74 Å². The van der Waals surface area contributed by atoms with Crippen molar-refractivity contribution in [1.82, 2.24) is 24.7 Å². The lowest BCUT2D eigenvalue weighted by Crippen LogP contribution is -2.04. The number of pyridine rings is 2. The van der Waals surface area contributed by atoms with E-state index in [-0.39, 0.29) is 5.92 Å². The molecule has 7 heteroatoms. The van der Waals surface area contributed by atoms with Crippen molar-refractivity contribution in [1.29, 1.82) is 0 Å². The van der Waals surface area contributed by atoms with Crippen LogP contribution in [0.2, 0.25) is 0 Å². The number of methoxy groups -OCH3 is 1. The highest BCUT2D eigenvalue weighted by Gasteiger charge is 2.17. The van der Waals surface area contributed by atoms with E-state index in [9.17, 15) is 4.79 Å². The van der Waals surface area contributed by atoms with Crippen molar-refractivity contribution < 1.29 is 9.53 Å². The van der Waals surface area contributed by atoms with Gasteiger partial charge >= 0.3 is 5.97 Å². The standard InChI is InChI=1S/C18H19N5O2/c1-11(2)16-21-17(15-6-5-13(10-20-15)18(24)25-4)23(22-16)14-7-8-19-12(3)9-14/h5-11H,1-4H3. The van der Waals surface area contributed by atoms with Crippen molar-refractivity contribution in [3.63, 3.8) is 0 Å². The van der Waals surface area contributed by atoms with Gasteiger partial charge in [0.1, 0.15) is 5.69 Å². The number of hydrogen-bond donors (Lipinski definition) is 0.